The van der Waals surface area contributed by atoms with Gasteiger partial charge >= 0.3 is 0 Å². The minimum absolute atomic E-state index is 1.01. The predicted octanol–water partition coefficient (Wildman–Crippen LogP) is 4.70. The van der Waals surface area contributed by atoms with E-state index in [4.69, 9.17) is 0 Å². The first-order valence-electron chi connectivity index (χ1n) is 7.04. The maximum atomic E-state index is 3.53. The molecule has 0 aliphatic carbocycles. The van der Waals surface area contributed by atoms with Crippen molar-refractivity contribution in [1.82, 2.24) is 5.32 Å². The highest BCUT2D eigenvalue weighted by Crippen LogP contribution is 2.16. The number of nitrogens with one attached hydrogen (secondary N) is 1. The zero-order chi connectivity index (χ0) is 14.4. The Hall–Kier alpha value is -0.770. The molecule has 0 atom stereocenters. The van der Waals surface area contributed by atoms with Gasteiger partial charge in [-0.05, 0) is 43.3 Å². The molecule has 3 heteroatoms. The molecule has 0 unspecified atom stereocenters. The molecule has 1 aromatic heterocycles. The molecule has 2 rings (SSSR count). The largest absolute Gasteiger partial charge is 0.311 e. The van der Waals surface area contributed by atoms with Crippen molar-refractivity contribution in [3.05, 3.63) is 56.8 Å². The first kappa shape index (κ1) is 15.6. The van der Waals surface area contributed by atoms with Crippen LogP contribution in [0.1, 0.15) is 27.1 Å². The summed E-state index contributed by atoms with van der Waals surface area (Å²) in [5.41, 5.74) is 5.59. The summed E-state index contributed by atoms with van der Waals surface area (Å²) in [5, 5.41) is 5.70. The molecular weight excluding hydrogens is 282 g/mol. The van der Waals surface area contributed by atoms with Gasteiger partial charge in [0.05, 0.1) is 0 Å². The zero-order valence-corrected chi connectivity index (χ0v) is 14.2. The Balaban J connectivity index is 1.63. The van der Waals surface area contributed by atoms with Gasteiger partial charge in [-0.15, -0.1) is 11.3 Å². The zero-order valence-electron chi connectivity index (χ0n) is 12.5. The number of benzene rings is 1. The van der Waals surface area contributed by atoms with Crippen LogP contribution in [0.5, 0.6) is 0 Å². The monoisotopic (exact) mass is 305 g/mol. The molecule has 0 radical (unpaired) electrons. The van der Waals surface area contributed by atoms with Crippen molar-refractivity contribution >= 4 is 23.1 Å². The van der Waals surface area contributed by atoms with Crippen molar-refractivity contribution in [2.45, 2.75) is 33.1 Å². The number of hydrogen-bond acceptors (Lipinski definition) is 3. The highest BCUT2D eigenvalue weighted by molar-refractivity contribution is 7.98. The fourth-order valence-corrected chi connectivity index (χ4v) is 3.98. The minimum atomic E-state index is 1.01. The van der Waals surface area contributed by atoms with E-state index in [1.165, 1.54) is 27.1 Å². The third-order valence-electron chi connectivity index (χ3n) is 3.23. The van der Waals surface area contributed by atoms with Crippen LogP contribution in [0.15, 0.2) is 29.6 Å². The number of rotatable bonds is 7. The van der Waals surface area contributed by atoms with Crippen molar-refractivity contribution in [3.8, 4) is 0 Å². The summed E-state index contributed by atoms with van der Waals surface area (Å²) in [6.07, 6.45) is 0. The maximum Gasteiger partial charge on any atom is 0.0302 e. The van der Waals surface area contributed by atoms with Crippen LogP contribution >= 0.6 is 23.1 Å². The third-order valence-corrected chi connectivity index (χ3v) is 5.28. The summed E-state index contributed by atoms with van der Waals surface area (Å²) in [5.74, 6) is 2.28. The molecule has 2 aromatic rings. The molecule has 0 aliphatic heterocycles. The van der Waals surface area contributed by atoms with E-state index in [2.05, 4.69) is 55.7 Å². The highest BCUT2D eigenvalue weighted by atomic mass is 32.2. The fourth-order valence-electron chi connectivity index (χ4n) is 2.27. The Morgan fingerprint density at radius 2 is 1.85 bits per heavy atom. The second kappa shape index (κ2) is 7.87. The van der Waals surface area contributed by atoms with Crippen molar-refractivity contribution < 1.29 is 0 Å². The number of thiophene rings is 1. The molecule has 108 valence electrons. The average Bonchev–Trinajstić information content (AvgIpc) is 2.78. The van der Waals surface area contributed by atoms with Gasteiger partial charge in [-0.1, -0.05) is 29.3 Å². The second-order valence-corrected chi connectivity index (χ2v) is 7.36. The van der Waals surface area contributed by atoms with Gasteiger partial charge in [-0.3, -0.25) is 0 Å². The van der Waals surface area contributed by atoms with Gasteiger partial charge < -0.3 is 5.32 Å². The lowest BCUT2D eigenvalue weighted by molar-refractivity contribution is 0.738. The molecule has 0 saturated carbocycles. The SMILES string of the molecule is Cc1cc(C)cc(CSCCNCc2sccc2C)c1. The van der Waals surface area contributed by atoms with E-state index in [9.17, 15) is 0 Å². The van der Waals surface area contributed by atoms with E-state index in [0.29, 0.717) is 0 Å². The lowest BCUT2D eigenvalue weighted by atomic mass is 10.1. The van der Waals surface area contributed by atoms with Gasteiger partial charge in [0, 0.05) is 29.5 Å². The summed E-state index contributed by atoms with van der Waals surface area (Å²) in [6.45, 7) is 8.61. The van der Waals surface area contributed by atoms with E-state index in [0.717, 1.165) is 24.6 Å². The van der Waals surface area contributed by atoms with E-state index in [1.807, 2.05) is 23.1 Å². The Morgan fingerprint density at radius 1 is 1.10 bits per heavy atom. The molecule has 0 saturated heterocycles. The van der Waals surface area contributed by atoms with Crippen LogP contribution in [0, 0.1) is 20.8 Å². The van der Waals surface area contributed by atoms with Crippen LogP contribution in [0.25, 0.3) is 0 Å². The summed E-state index contributed by atoms with van der Waals surface area (Å²) in [6, 6.07) is 9.01. The molecule has 20 heavy (non-hydrogen) atoms. The lowest BCUT2D eigenvalue weighted by Gasteiger charge is -2.06. The topological polar surface area (TPSA) is 12.0 Å². The first-order valence-corrected chi connectivity index (χ1v) is 9.07. The lowest BCUT2D eigenvalue weighted by Crippen LogP contribution is -2.16. The summed E-state index contributed by atoms with van der Waals surface area (Å²) in [7, 11) is 0. The minimum Gasteiger partial charge on any atom is -0.311 e. The summed E-state index contributed by atoms with van der Waals surface area (Å²) < 4.78 is 0. The standard InChI is InChI=1S/C17H23NS2/c1-13-8-14(2)10-16(9-13)12-19-7-5-18-11-17-15(3)4-6-20-17/h4,6,8-10,18H,5,7,11-12H2,1-3H3. The molecule has 0 aliphatic rings. The summed E-state index contributed by atoms with van der Waals surface area (Å²) in [4.78, 5) is 1.46. The quantitative estimate of drug-likeness (QED) is 0.744. The van der Waals surface area contributed by atoms with Crippen LogP contribution in [-0.2, 0) is 12.3 Å². The molecule has 0 bridgehead atoms. The van der Waals surface area contributed by atoms with E-state index in [1.54, 1.807) is 0 Å². The normalized spacial score (nSPS) is 10.9. The van der Waals surface area contributed by atoms with Crippen molar-refractivity contribution in [1.29, 1.82) is 0 Å². The van der Waals surface area contributed by atoms with Crippen LogP contribution in [-0.4, -0.2) is 12.3 Å². The van der Waals surface area contributed by atoms with Gasteiger partial charge in [-0.25, -0.2) is 0 Å². The van der Waals surface area contributed by atoms with Crippen molar-refractivity contribution in [2.24, 2.45) is 0 Å². The van der Waals surface area contributed by atoms with Gasteiger partial charge in [0.2, 0.25) is 0 Å². The first-order chi connectivity index (χ1) is 9.65. The number of thioether (sulfide) groups is 1. The Bertz CT molecular complexity index is 525. The fraction of sp³-hybridized carbons (Fsp3) is 0.412. The molecule has 1 aromatic carbocycles. The van der Waals surface area contributed by atoms with Crippen LogP contribution in [0.4, 0.5) is 0 Å². The molecule has 1 nitrogen and oxygen atoms in total. The van der Waals surface area contributed by atoms with Gasteiger partial charge in [0.15, 0.2) is 0 Å². The van der Waals surface area contributed by atoms with Gasteiger partial charge in [0.1, 0.15) is 0 Å². The van der Waals surface area contributed by atoms with Crippen LogP contribution in [0.3, 0.4) is 0 Å². The molecule has 0 amide bonds. The summed E-state index contributed by atoms with van der Waals surface area (Å²) >= 11 is 3.85. The third kappa shape index (κ3) is 4.97. The Labute approximate surface area is 130 Å². The average molecular weight is 306 g/mol. The molecule has 0 spiro atoms. The second-order valence-electron chi connectivity index (χ2n) is 5.25. The Kier molecular flexibility index (Phi) is 6.14. The molecule has 1 heterocycles. The molecule has 0 fully saturated rings. The molecular formula is C17H23NS2. The highest BCUT2D eigenvalue weighted by Gasteiger charge is 1.99. The van der Waals surface area contributed by atoms with E-state index in [-0.39, 0.29) is 0 Å². The van der Waals surface area contributed by atoms with Crippen LogP contribution < -0.4 is 5.32 Å². The van der Waals surface area contributed by atoms with Gasteiger partial charge in [0.25, 0.3) is 0 Å². The maximum absolute atomic E-state index is 3.53. The number of hydrogen-bond donors (Lipinski definition) is 1. The smallest absolute Gasteiger partial charge is 0.0302 e. The van der Waals surface area contributed by atoms with Gasteiger partial charge in [-0.2, -0.15) is 11.8 Å². The predicted molar refractivity (Wildman–Crippen MR) is 92.8 cm³/mol. The van der Waals surface area contributed by atoms with E-state index < -0.39 is 0 Å². The molecule has 1 N–H and O–H groups in total. The Morgan fingerprint density at radius 3 is 2.50 bits per heavy atom. The van der Waals surface area contributed by atoms with Crippen molar-refractivity contribution in [2.75, 3.05) is 12.3 Å². The van der Waals surface area contributed by atoms with Crippen molar-refractivity contribution in [3.63, 3.8) is 0 Å². The number of aryl methyl sites for hydroxylation is 3. The van der Waals surface area contributed by atoms with Crippen LogP contribution in [0.2, 0.25) is 0 Å². The van der Waals surface area contributed by atoms with E-state index >= 15 is 0 Å².